The van der Waals surface area contributed by atoms with Crippen LogP contribution in [0.2, 0.25) is 0 Å². The van der Waals surface area contributed by atoms with Crippen LogP contribution in [0.5, 0.6) is 0 Å². The van der Waals surface area contributed by atoms with Crippen LogP contribution in [0.1, 0.15) is 24.9 Å². The van der Waals surface area contributed by atoms with Crippen molar-refractivity contribution in [3.8, 4) is 0 Å². The summed E-state index contributed by atoms with van der Waals surface area (Å²) < 4.78 is 5.41. The summed E-state index contributed by atoms with van der Waals surface area (Å²) in [6, 6.07) is 3.47. The van der Waals surface area contributed by atoms with Crippen LogP contribution in [0.4, 0.5) is 4.79 Å². The number of furan rings is 1. The molecule has 0 aliphatic heterocycles. The summed E-state index contributed by atoms with van der Waals surface area (Å²) in [5, 5.41) is 8.65. The van der Waals surface area contributed by atoms with E-state index in [-0.39, 0.29) is 19.0 Å². The van der Waals surface area contributed by atoms with Crippen molar-refractivity contribution in [3.05, 3.63) is 23.7 Å². The predicted octanol–water partition coefficient (Wildman–Crippen LogP) is 1.94. The van der Waals surface area contributed by atoms with Gasteiger partial charge in [0.1, 0.15) is 11.5 Å². The maximum atomic E-state index is 12.1. The summed E-state index contributed by atoms with van der Waals surface area (Å²) in [4.78, 5) is 25.7. The normalized spacial score (nSPS) is 10.3. The highest BCUT2D eigenvalue weighted by Crippen LogP contribution is 2.10. The van der Waals surface area contributed by atoms with Crippen LogP contribution in [0.15, 0.2) is 16.5 Å². The molecule has 0 unspecified atom stereocenters. The number of urea groups is 1. The Balaban J connectivity index is 2.56. The summed E-state index contributed by atoms with van der Waals surface area (Å²) in [7, 11) is 1.67. The molecule has 1 rings (SSSR count). The second-order valence-corrected chi connectivity index (χ2v) is 4.37. The number of rotatable bonds is 6. The second-order valence-electron chi connectivity index (χ2n) is 4.37. The van der Waals surface area contributed by atoms with Gasteiger partial charge >= 0.3 is 12.0 Å². The Bertz CT molecular complexity index is 442. The van der Waals surface area contributed by atoms with E-state index in [9.17, 15) is 9.59 Å². The number of hydrogen-bond donors (Lipinski definition) is 1. The molecule has 6 nitrogen and oxygen atoms in total. The fourth-order valence-corrected chi connectivity index (χ4v) is 1.73. The lowest BCUT2D eigenvalue weighted by molar-refractivity contribution is -0.137. The molecule has 1 heterocycles. The van der Waals surface area contributed by atoms with Crippen LogP contribution >= 0.6 is 0 Å². The quantitative estimate of drug-likeness (QED) is 0.855. The molecule has 0 saturated heterocycles. The first-order valence-electron chi connectivity index (χ1n) is 6.21. The third-order valence-corrected chi connectivity index (χ3v) is 2.76. The first kappa shape index (κ1) is 15.1. The number of carboxylic acid groups (broad SMARTS) is 1. The second kappa shape index (κ2) is 6.82. The van der Waals surface area contributed by atoms with E-state index >= 15 is 0 Å². The molecule has 1 aromatic rings. The van der Waals surface area contributed by atoms with Crippen LogP contribution in [0, 0.1) is 6.92 Å². The fraction of sp³-hybridized carbons (Fsp3) is 0.538. The summed E-state index contributed by atoms with van der Waals surface area (Å²) >= 11 is 0. The molecular weight excluding hydrogens is 248 g/mol. The Morgan fingerprint density at radius 1 is 1.37 bits per heavy atom. The zero-order chi connectivity index (χ0) is 14.4. The van der Waals surface area contributed by atoms with Crippen molar-refractivity contribution in [3.63, 3.8) is 0 Å². The Morgan fingerprint density at radius 3 is 2.53 bits per heavy atom. The Morgan fingerprint density at radius 2 is 2.05 bits per heavy atom. The SMILES string of the molecule is CCN(CCC(=O)O)C(=O)N(C)Cc1ccc(C)o1. The zero-order valence-corrected chi connectivity index (χ0v) is 11.5. The summed E-state index contributed by atoms with van der Waals surface area (Å²) in [6.07, 6.45) is -0.0483. The van der Waals surface area contributed by atoms with Crippen LogP contribution in [0.3, 0.4) is 0 Å². The lowest BCUT2D eigenvalue weighted by Crippen LogP contribution is -2.41. The van der Waals surface area contributed by atoms with E-state index in [4.69, 9.17) is 9.52 Å². The topological polar surface area (TPSA) is 74.0 Å². The van der Waals surface area contributed by atoms with Gasteiger partial charge in [0.15, 0.2) is 0 Å². The Hall–Kier alpha value is -1.98. The molecule has 1 aromatic heterocycles. The first-order chi connectivity index (χ1) is 8.93. The van der Waals surface area contributed by atoms with Gasteiger partial charge in [-0.05, 0) is 26.0 Å². The lowest BCUT2D eigenvalue weighted by atomic mass is 10.3. The van der Waals surface area contributed by atoms with E-state index in [2.05, 4.69) is 0 Å². The number of aryl methyl sites for hydroxylation is 1. The summed E-state index contributed by atoms with van der Waals surface area (Å²) in [5.41, 5.74) is 0. The van der Waals surface area contributed by atoms with E-state index in [0.717, 1.165) is 5.76 Å². The van der Waals surface area contributed by atoms with Gasteiger partial charge in [-0.15, -0.1) is 0 Å². The molecule has 0 radical (unpaired) electrons. The number of carbonyl (C=O) groups excluding carboxylic acids is 1. The number of aliphatic carboxylic acids is 1. The number of carbonyl (C=O) groups is 2. The van der Waals surface area contributed by atoms with Gasteiger partial charge in [-0.25, -0.2) is 4.79 Å². The number of nitrogens with zero attached hydrogens (tertiary/aromatic N) is 2. The Kier molecular flexibility index (Phi) is 5.41. The number of hydrogen-bond acceptors (Lipinski definition) is 3. The Labute approximate surface area is 112 Å². The van der Waals surface area contributed by atoms with Gasteiger partial charge in [-0.3, -0.25) is 4.79 Å². The van der Waals surface area contributed by atoms with Crippen molar-refractivity contribution in [2.75, 3.05) is 20.1 Å². The third-order valence-electron chi connectivity index (χ3n) is 2.76. The van der Waals surface area contributed by atoms with E-state index in [1.807, 2.05) is 26.0 Å². The molecule has 0 aliphatic rings. The molecule has 0 spiro atoms. The smallest absolute Gasteiger partial charge is 0.320 e. The van der Waals surface area contributed by atoms with E-state index in [1.165, 1.54) is 9.80 Å². The van der Waals surface area contributed by atoms with E-state index in [1.54, 1.807) is 7.05 Å². The minimum atomic E-state index is -0.907. The largest absolute Gasteiger partial charge is 0.481 e. The summed E-state index contributed by atoms with van der Waals surface area (Å²) in [5.74, 6) is 0.604. The van der Waals surface area contributed by atoms with Gasteiger partial charge < -0.3 is 19.3 Å². The maximum absolute atomic E-state index is 12.1. The molecule has 0 bridgehead atoms. The molecule has 6 heteroatoms. The molecule has 0 saturated carbocycles. The van der Waals surface area contributed by atoms with Gasteiger partial charge in [0, 0.05) is 20.1 Å². The molecule has 0 atom stereocenters. The minimum Gasteiger partial charge on any atom is -0.481 e. The lowest BCUT2D eigenvalue weighted by Gasteiger charge is -2.26. The molecule has 2 amide bonds. The van der Waals surface area contributed by atoms with Gasteiger partial charge in [0.2, 0.25) is 0 Å². The van der Waals surface area contributed by atoms with Crippen LogP contribution in [-0.4, -0.2) is 47.0 Å². The van der Waals surface area contributed by atoms with E-state index < -0.39 is 5.97 Å². The standard InChI is InChI=1S/C13H20N2O4/c1-4-15(8-7-12(16)17)13(18)14(3)9-11-6-5-10(2)19-11/h5-6H,4,7-9H2,1-3H3,(H,16,17). The maximum Gasteiger partial charge on any atom is 0.320 e. The van der Waals surface area contributed by atoms with Gasteiger partial charge in [0.25, 0.3) is 0 Å². The highest BCUT2D eigenvalue weighted by Gasteiger charge is 2.18. The predicted molar refractivity (Wildman–Crippen MR) is 69.8 cm³/mol. The third kappa shape index (κ3) is 4.65. The molecule has 19 heavy (non-hydrogen) atoms. The van der Waals surface area contributed by atoms with Crippen molar-refractivity contribution >= 4 is 12.0 Å². The van der Waals surface area contributed by atoms with Crippen molar-refractivity contribution in [2.45, 2.75) is 26.8 Å². The van der Waals surface area contributed by atoms with Crippen molar-refractivity contribution in [2.24, 2.45) is 0 Å². The average molecular weight is 268 g/mol. The molecular formula is C13H20N2O4. The molecule has 1 N–H and O–H groups in total. The van der Waals surface area contributed by atoms with E-state index in [0.29, 0.717) is 18.8 Å². The van der Waals surface area contributed by atoms with Crippen LogP contribution in [-0.2, 0) is 11.3 Å². The highest BCUT2D eigenvalue weighted by molar-refractivity contribution is 5.75. The highest BCUT2D eigenvalue weighted by atomic mass is 16.4. The zero-order valence-electron chi connectivity index (χ0n) is 11.5. The molecule has 0 fully saturated rings. The number of amides is 2. The fourth-order valence-electron chi connectivity index (χ4n) is 1.73. The molecule has 106 valence electrons. The van der Waals surface area contributed by atoms with Gasteiger partial charge in [-0.2, -0.15) is 0 Å². The first-order valence-corrected chi connectivity index (χ1v) is 6.21. The monoisotopic (exact) mass is 268 g/mol. The van der Waals surface area contributed by atoms with Crippen LogP contribution < -0.4 is 0 Å². The summed E-state index contributed by atoms with van der Waals surface area (Å²) in [6.45, 7) is 4.73. The molecule has 0 aliphatic carbocycles. The van der Waals surface area contributed by atoms with Gasteiger partial charge in [0.05, 0.1) is 13.0 Å². The van der Waals surface area contributed by atoms with Crippen molar-refractivity contribution in [1.29, 1.82) is 0 Å². The molecule has 0 aromatic carbocycles. The van der Waals surface area contributed by atoms with Crippen LogP contribution in [0.25, 0.3) is 0 Å². The number of carboxylic acids is 1. The van der Waals surface area contributed by atoms with Gasteiger partial charge in [-0.1, -0.05) is 0 Å². The van der Waals surface area contributed by atoms with Crippen molar-refractivity contribution < 1.29 is 19.1 Å². The minimum absolute atomic E-state index is 0.0483. The average Bonchev–Trinajstić information content (AvgIpc) is 2.74. The van der Waals surface area contributed by atoms with Crippen molar-refractivity contribution in [1.82, 2.24) is 9.80 Å².